The van der Waals surface area contributed by atoms with Crippen molar-refractivity contribution in [1.82, 2.24) is 0 Å². The number of rotatable bonds is 0. The maximum atomic E-state index is 4.72. The first-order chi connectivity index (χ1) is 44.6. The summed E-state index contributed by atoms with van der Waals surface area (Å²) in [7, 11) is 0. The summed E-state index contributed by atoms with van der Waals surface area (Å²) in [6.07, 6.45) is 74.3. The van der Waals surface area contributed by atoms with Crippen LogP contribution < -0.4 is 0 Å². The monoisotopic (exact) mass is 1310 g/mol. The van der Waals surface area contributed by atoms with Gasteiger partial charge in [0.25, 0.3) is 0 Å². The van der Waals surface area contributed by atoms with Gasteiger partial charge in [0.15, 0.2) is 0 Å². The number of hydrogen-bond acceptors (Lipinski definition) is 1. The largest absolute Gasteiger partial charge is 0.381 e. The summed E-state index contributed by atoms with van der Waals surface area (Å²) in [6, 6.07) is 0. The molecule has 12 aliphatic carbocycles. The van der Waals surface area contributed by atoms with Crippen LogP contribution in [0.5, 0.6) is 0 Å². The van der Waals surface area contributed by atoms with Crippen molar-refractivity contribution in [2.45, 2.75) is 521 Å². The van der Waals surface area contributed by atoms with E-state index in [-0.39, 0.29) is 0 Å². The van der Waals surface area contributed by atoms with E-state index in [1.807, 2.05) is 0 Å². The van der Waals surface area contributed by atoms with Gasteiger partial charge in [0.1, 0.15) is 0 Å². The van der Waals surface area contributed by atoms with Crippen LogP contribution in [0.1, 0.15) is 521 Å². The van der Waals surface area contributed by atoms with Crippen molar-refractivity contribution in [3.8, 4) is 0 Å². The Bertz CT molecular complexity index is 877. The molecule has 0 spiro atoms. The molecule has 0 aromatic carbocycles. The van der Waals surface area contributed by atoms with Gasteiger partial charge in [0, 0.05) is 13.2 Å². The topological polar surface area (TPSA) is 9.23 Å². The van der Waals surface area contributed by atoms with Crippen LogP contribution >= 0.6 is 0 Å². The van der Waals surface area contributed by atoms with Crippen molar-refractivity contribution < 1.29 is 4.74 Å². The minimum absolute atomic E-state index is 1.00. The van der Waals surface area contributed by atoms with E-state index < -0.39 is 0 Å². The van der Waals surface area contributed by atoms with E-state index in [2.05, 4.69) is 194 Å². The highest BCUT2D eigenvalue weighted by Crippen LogP contribution is 2.58. The molecule has 1 nitrogen and oxygen atoms in total. The summed E-state index contributed by atoms with van der Waals surface area (Å²) >= 11 is 0. The third-order valence-electron chi connectivity index (χ3n) is 16.3. The Hall–Kier alpha value is -0.0400. The minimum Gasteiger partial charge on any atom is -0.381 e. The quantitative estimate of drug-likeness (QED) is 0.235. The molecule has 12 saturated carbocycles. The fourth-order valence-electron chi connectivity index (χ4n) is 13.7. The molecular formula is C91H200O. The van der Waals surface area contributed by atoms with Crippen LogP contribution in [0.25, 0.3) is 0 Å². The van der Waals surface area contributed by atoms with Gasteiger partial charge in [-0.3, -0.25) is 0 Å². The van der Waals surface area contributed by atoms with E-state index >= 15 is 0 Å². The van der Waals surface area contributed by atoms with Crippen LogP contribution in [-0.2, 0) is 4.74 Å². The van der Waals surface area contributed by atoms with Gasteiger partial charge in [-0.15, -0.1) is 0 Å². The molecule has 0 amide bonds. The molecule has 0 aromatic rings. The van der Waals surface area contributed by atoms with Crippen molar-refractivity contribution in [2.75, 3.05) is 13.2 Å². The maximum absolute atomic E-state index is 4.72. The van der Waals surface area contributed by atoms with Gasteiger partial charge in [0.05, 0.1) is 0 Å². The van der Waals surface area contributed by atoms with E-state index in [0.717, 1.165) is 13.2 Å². The Balaban J connectivity index is -0.000000115. The van der Waals surface area contributed by atoms with Crippen molar-refractivity contribution >= 4 is 0 Å². The maximum Gasteiger partial charge on any atom is 0.0488 e. The summed E-state index contributed by atoms with van der Waals surface area (Å²) in [4.78, 5) is 0. The molecule has 13 rings (SSSR count). The van der Waals surface area contributed by atoms with Crippen molar-refractivity contribution in [3.05, 3.63) is 0 Å². The second-order valence-corrected chi connectivity index (χ2v) is 30.2. The zero-order valence-corrected chi connectivity index (χ0v) is 71.7. The predicted molar refractivity (Wildman–Crippen MR) is 440 cm³/mol. The Kier molecular flexibility index (Phi) is 125. The van der Waals surface area contributed by atoms with Gasteiger partial charge >= 0.3 is 0 Å². The van der Waals surface area contributed by atoms with Crippen LogP contribution in [0.2, 0.25) is 0 Å². The van der Waals surface area contributed by atoms with E-state index in [9.17, 15) is 0 Å². The molecule has 1 heterocycles. The lowest BCUT2D eigenvalue weighted by atomic mass is 9.56. The van der Waals surface area contributed by atoms with Crippen molar-refractivity contribution in [1.29, 1.82) is 0 Å². The fourth-order valence-corrected chi connectivity index (χ4v) is 13.7. The molecule has 0 aromatic heterocycles. The van der Waals surface area contributed by atoms with Gasteiger partial charge in [-0.05, 0) is 143 Å². The van der Waals surface area contributed by atoms with Crippen LogP contribution in [0, 0.1) is 59.2 Å². The van der Waals surface area contributed by atoms with E-state index in [4.69, 9.17) is 4.74 Å². The lowest BCUT2D eigenvalue weighted by Crippen LogP contribution is -2.38. The van der Waals surface area contributed by atoms with Crippen LogP contribution in [0.4, 0.5) is 0 Å². The van der Waals surface area contributed by atoms with Gasteiger partial charge in [-0.25, -0.2) is 0 Å². The number of ether oxygens (including phenoxy) is 1. The smallest absolute Gasteiger partial charge is 0.0488 e. The molecule has 0 N–H and O–H groups in total. The highest BCUT2D eigenvalue weighted by Gasteiger charge is 2.49. The second-order valence-electron chi connectivity index (χ2n) is 30.2. The van der Waals surface area contributed by atoms with Gasteiger partial charge in [-0.1, -0.05) is 438 Å². The Morgan fingerprint density at radius 2 is 0.293 bits per heavy atom. The molecule has 13 aliphatic rings. The molecule has 1 saturated heterocycles. The van der Waals surface area contributed by atoms with E-state index in [1.54, 1.807) is 109 Å². The molecular weight excluding hydrogens is 1110 g/mol. The number of fused-ring (bicyclic) bond motifs is 7. The second kappa shape index (κ2) is 104. The third kappa shape index (κ3) is 92.0. The lowest BCUT2D eigenvalue weighted by molar-refractivity contribution is 0.0198. The van der Waals surface area contributed by atoms with Crippen LogP contribution in [0.15, 0.2) is 0 Å². The molecule has 1 aliphatic heterocycles. The average molecular weight is 1310 g/mol. The summed E-state index contributed by atoms with van der Waals surface area (Å²) in [5.74, 6) is 11.8. The lowest BCUT2D eigenvalue weighted by Gasteiger charge is -2.49. The molecule has 4 unspecified atom stereocenters. The molecule has 0 radical (unpaired) electrons. The SMILES string of the molecule is C1C2CC3CC1CC(C2)C3.C1CC2C3CCC(C3)C2C1.C1CC2CCC1C2.C1CCCC1.C1CCCCC1.C1CCCCCCC1.C1COC1.CCC.CCC.CCC.CCC.CCC.CCC.CCC.CCC.CCC.CCC.CCC.CCC.CCC.CCC. The summed E-state index contributed by atoms with van der Waals surface area (Å²) < 4.78 is 4.72. The van der Waals surface area contributed by atoms with E-state index in [0.29, 0.717) is 0 Å². The van der Waals surface area contributed by atoms with Crippen molar-refractivity contribution in [3.63, 3.8) is 0 Å². The molecule has 4 atom stereocenters. The van der Waals surface area contributed by atoms with Gasteiger partial charge in [0.2, 0.25) is 0 Å². The Labute approximate surface area is 595 Å². The average Bonchev–Trinajstić information content (AvgIpc) is 4.42. The van der Waals surface area contributed by atoms with Crippen LogP contribution in [0.3, 0.4) is 0 Å². The Morgan fingerprint density at radius 1 is 0.163 bits per heavy atom. The molecule has 1 heteroatoms. The fraction of sp³-hybridized carbons (Fsp3) is 1.00. The Morgan fingerprint density at radius 3 is 0.402 bits per heavy atom. The first-order valence-corrected chi connectivity index (χ1v) is 44.2. The third-order valence-corrected chi connectivity index (χ3v) is 16.3. The van der Waals surface area contributed by atoms with Crippen LogP contribution in [-0.4, -0.2) is 13.2 Å². The predicted octanol–water partition coefficient (Wildman–Crippen LogP) is 35.5. The normalized spacial score (nSPS) is 24.9. The van der Waals surface area contributed by atoms with Crippen molar-refractivity contribution in [2.24, 2.45) is 59.2 Å². The standard InChI is InChI=1S/2C10H16.C8H16.C7H12.C6H12.C5H10.C3H6O.14C3H8/c1-7-2-9-4-8(1)5-10(3-7)6-9;1-2-9-7-4-5-8(6-7)10(9)3-1;1-2-4-6-8-7-5-3-1;1-2-7-4-3-6(1)5-7;1-2-4-6-5-3-1;1-2-4-5-3-1;1-2-4-3-1;14*1-3-2/h2*7-10H,1-6H2;1-8H2;6-7H,1-5H2;1-6H2;1-5H2;1-3H2;14*3H2,1-2H3. The minimum atomic E-state index is 1.00. The van der Waals surface area contributed by atoms with E-state index in [1.165, 1.54) is 277 Å². The summed E-state index contributed by atoms with van der Waals surface area (Å²) in [5.41, 5.74) is 0. The molecule has 570 valence electrons. The summed E-state index contributed by atoms with van der Waals surface area (Å²) in [5, 5.41) is 0. The first kappa shape index (κ1) is 111. The first-order valence-electron chi connectivity index (χ1n) is 44.2. The molecule has 8 bridgehead atoms. The zero-order valence-electron chi connectivity index (χ0n) is 71.7. The highest BCUT2D eigenvalue weighted by molar-refractivity contribution is 4.99. The highest BCUT2D eigenvalue weighted by atomic mass is 16.5. The number of hydrogen-bond donors (Lipinski definition) is 0. The molecule has 13 fully saturated rings. The molecule has 92 heavy (non-hydrogen) atoms. The summed E-state index contributed by atoms with van der Waals surface area (Å²) in [6.45, 7) is 61.5. The van der Waals surface area contributed by atoms with Gasteiger partial charge in [-0.2, -0.15) is 0 Å². The van der Waals surface area contributed by atoms with Gasteiger partial charge < -0.3 is 4.74 Å². The zero-order chi connectivity index (χ0) is 72.0.